The van der Waals surface area contributed by atoms with E-state index in [1.165, 1.54) is 0 Å². The lowest BCUT2D eigenvalue weighted by molar-refractivity contribution is -0.172. The molecule has 2 atom stereocenters. The third-order valence-corrected chi connectivity index (χ3v) is 4.25. The van der Waals surface area contributed by atoms with Gasteiger partial charge in [-0.15, -0.1) is 0 Å². The van der Waals surface area contributed by atoms with E-state index in [0.29, 0.717) is 25.7 Å². The minimum Gasteiger partial charge on any atom is -0.458 e. The second-order valence-electron chi connectivity index (χ2n) is 6.25. The van der Waals surface area contributed by atoms with Crippen molar-refractivity contribution in [1.29, 1.82) is 0 Å². The van der Waals surface area contributed by atoms with Gasteiger partial charge in [0.15, 0.2) is 0 Å². The lowest BCUT2D eigenvalue weighted by atomic mass is 10.0. The van der Waals surface area contributed by atoms with Gasteiger partial charge in [0.2, 0.25) is 11.9 Å². The van der Waals surface area contributed by atoms with Crippen molar-refractivity contribution in [2.45, 2.75) is 96.2 Å². The number of unbranched alkanes of at least 4 members (excludes halogenated alkanes) is 4. The third kappa shape index (κ3) is 6.32. The van der Waals surface area contributed by atoms with Crippen LogP contribution in [0.3, 0.4) is 0 Å². The van der Waals surface area contributed by atoms with E-state index in [9.17, 15) is 14.4 Å². The predicted molar refractivity (Wildman–Crippen MR) is 86.5 cm³/mol. The smallest absolute Gasteiger partial charge is 0.306 e. The highest BCUT2D eigenvalue weighted by molar-refractivity contribution is 5.77. The van der Waals surface area contributed by atoms with Crippen LogP contribution >= 0.6 is 0 Å². The van der Waals surface area contributed by atoms with Crippen molar-refractivity contribution < 1.29 is 23.9 Å². The van der Waals surface area contributed by atoms with Crippen LogP contribution in [0.25, 0.3) is 0 Å². The highest BCUT2D eigenvalue weighted by Gasteiger charge is 2.50. The van der Waals surface area contributed by atoms with Gasteiger partial charge in [0.05, 0.1) is 0 Å². The average molecular weight is 325 g/mol. The van der Waals surface area contributed by atoms with Crippen molar-refractivity contribution >= 4 is 18.2 Å². The summed E-state index contributed by atoms with van der Waals surface area (Å²) >= 11 is 0. The highest BCUT2D eigenvalue weighted by Crippen LogP contribution is 2.35. The largest absolute Gasteiger partial charge is 0.458 e. The number of rotatable bonds is 11. The molecule has 0 aromatic heterocycles. The van der Waals surface area contributed by atoms with Gasteiger partial charge < -0.3 is 9.47 Å². The number of hydrogen-bond acceptors (Lipinski definition) is 5. The van der Waals surface area contributed by atoms with E-state index in [2.05, 4.69) is 13.8 Å². The molecule has 0 spiro atoms. The molecule has 0 amide bonds. The number of ether oxygens (including phenoxy) is 2. The summed E-state index contributed by atoms with van der Waals surface area (Å²) in [7, 11) is 0. The summed E-state index contributed by atoms with van der Waals surface area (Å²) < 4.78 is 10.8. The zero-order valence-electron chi connectivity index (χ0n) is 14.4. The topological polar surface area (TPSA) is 69.7 Å². The molecule has 1 aliphatic rings. The van der Waals surface area contributed by atoms with Gasteiger partial charge in [-0.05, 0) is 32.1 Å². The molecule has 1 saturated carbocycles. The quantitative estimate of drug-likeness (QED) is 0.428. The second kappa shape index (κ2) is 10.4. The molecule has 5 heteroatoms. The lowest BCUT2D eigenvalue weighted by Gasteiger charge is -2.28. The lowest BCUT2D eigenvalue weighted by Crippen LogP contribution is -2.46. The van der Waals surface area contributed by atoms with Crippen LogP contribution < -0.4 is 0 Å². The van der Waals surface area contributed by atoms with Crippen LogP contribution in [-0.2, 0) is 23.9 Å². The SMILES string of the molecule is CCCCCC(=O)OC1CCCC1([C]=O)OC(=O)CCCCC. The molecule has 0 aromatic carbocycles. The van der Waals surface area contributed by atoms with Crippen molar-refractivity contribution in [1.82, 2.24) is 0 Å². The van der Waals surface area contributed by atoms with Crippen LogP contribution in [0.5, 0.6) is 0 Å². The Balaban J connectivity index is 2.55. The molecule has 0 aliphatic heterocycles. The molecule has 1 radical (unpaired) electrons. The van der Waals surface area contributed by atoms with Gasteiger partial charge in [-0.3, -0.25) is 14.4 Å². The fraction of sp³-hybridized carbons (Fsp3) is 0.833. The maximum Gasteiger partial charge on any atom is 0.306 e. The molecule has 1 aliphatic carbocycles. The van der Waals surface area contributed by atoms with Gasteiger partial charge in [-0.2, -0.15) is 0 Å². The molecular formula is C18H29O5. The normalized spacial score (nSPS) is 23.5. The Labute approximate surface area is 139 Å². The molecule has 0 bridgehead atoms. The standard InChI is InChI=1S/C18H29O5/c1-3-5-7-11-16(20)22-15-10-9-13-18(15,14-19)23-17(21)12-8-6-4-2/h15H,3-13H2,1-2H3. The van der Waals surface area contributed by atoms with Crippen molar-refractivity contribution in [3.05, 3.63) is 0 Å². The Kier molecular flexibility index (Phi) is 8.89. The summed E-state index contributed by atoms with van der Waals surface area (Å²) in [5, 5.41) is 0. The molecule has 2 unspecified atom stereocenters. The van der Waals surface area contributed by atoms with Crippen LogP contribution in [-0.4, -0.2) is 29.9 Å². The van der Waals surface area contributed by atoms with E-state index in [1.54, 1.807) is 0 Å². The molecule has 131 valence electrons. The first-order valence-electron chi connectivity index (χ1n) is 8.88. The molecule has 0 aromatic rings. The van der Waals surface area contributed by atoms with Crippen LogP contribution in [0.15, 0.2) is 0 Å². The van der Waals surface area contributed by atoms with Crippen molar-refractivity contribution in [3.63, 3.8) is 0 Å². The van der Waals surface area contributed by atoms with E-state index >= 15 is 0 Å². The summed E-state index contributed by atoms with van der Waals surface area (Å²) in [5.74, 6) is -0.734. The van der Waals surface area contributed by atoms with Gasteiger partial charge in [-0.1, -0.05) is 39.5 Å². The van der Waals surface area contributed by atoms with E-state index in [-0.39, 0.29) is 12.4 Å². The Bertz CT molecular complexity index is 393. The summed E-state index contributed by atoms with van der Waals surface area (Å²) in [6.07, 6.45) is 8.85. The summed E-state index contributed by atoms with van der Waals surface area (Å²) in [4.78, 5) is 35.3. The number of esters is 2. The van der Waals surface area contributed by atoms with E-state index in [1.807, 2.05) is 6.29 Å². The van der Waals surface area contributed by atoms with E-state index < -0.39 is 17.7 Å². The molecule has 1 rings (SSSR count). The Morgan fingerprint density at radius 1 is 1.04 bits per heavy atom. The van der Waals surface area contributed by atoms with Gasteiger partial charge in [-0.25, -0.2) is 0 Å². The van der Waals surface area contributed by atoms with Crippen LogP contribution in [0, 0.1) is 0 Å². The minimum absolute atomic E-state index is 0.286. The van der Waals surface area contributed by atoms with Crippen LogP contribution in [0.4, 0.5) is 0 Å². The van der Waals surface area contributed by atoms with Crippen LogP contribution in [0.2, 0.25) is 0 Å². The minimum atomic E-state index is -1.40. The number of carbonyl (C=O) groups excluding carboxylic acids is 3. The number of carbonyl (C=O) groups is 2. The third-order valence-electron chi connectivity index (χ3n) is 4.25. The monoisotopic (exact) mass is 325 g/mol. The first-order chi connectivity index (χ1) is 11.1. The maximum atomic E-state index is 11.9. The highest BCUT2D eigenvalue weighted by atomic mass is 16.6. The fourth-order valence-corrected chi connectivity index (χ4v) is 2.86. The molecule has 0 saturated heterocycles. The second-order valence-corrected chi connectivity index (χ2v) is 6.25. The Morgan fingerprint density at radius 2 is 1.65 bits per heavy atom. The molecule has 0 N–H and O–H groups in total. The first-order valence-corrected chi connectivity index (χ1v) is 8.88. The Hall–Kier alpha value is -1.39. The fourth-order valence-electron chi connectivity index (χ4n) is 2.86. The van der Waals surface area contributed by atoms with Gasteiger partial charge >= 0.3 is 11.9 Å². The summed E-state index contributed by atoms with van der Waals surface area (Å²) in [6.45, 7) is 4.11. The molecule has 5 nitrogen and oxygen atoms in total. The Morgan fingerprint density at radius 3 is 2.22 bits per heavy atom. The summed E-state index contributed by atoms with van der Waals surface area (Å²) in [5.41, 5.74) is -1.40. The zero-order valence-corrected chi connectivity index (χ0v) is 14.4. The maximum absolute atomic E-state index is 11.9. The van der Waals surface area contributed by atoms with Gasteiger partial charge in [0.25, 0.3) is 0 Å². The van der Waals surface area contributed by atoms with Crippen LogP contribution in [0.1, 0.15) is 84.5 Å². The first kappa shape index (κ1) is 19.7. The summed E-state index contributed by atoms with van der Waals surface area (Å²) in [6, 6.07) is 0. The van der Waals surface area contributed by atoms with E-state index in [0.717, 1.165) is 38.5 Å². The zero-order chi connectivity index (χ0) is 17.1. The number of hydrogen-bond donors (Lipinski definition) is 0. The van der Waals surface area contributed by atoms with Crippen molar-refractivity contribution in [3.8, 4) is 0 Å². The molecule has 1 fully saturated rings. The van der Waals surface area contributed by atoms with Crippen molar-refractivity contribution in [2.75, 3.05) is 0 Å². The molecular weight excluding hydrogens is 296 g/mol. The average Bonchev–Trinajstić information content (AvgIpc) is 2.90. The van der Waals surface area contributed by atoms with Gasteiger partial charge in [0, 0.05) is 12.8 Å². The van der Waals surface area contributed by atoms with E-state index in [4.69, 9.17) is 9.47 Å². The molecule has 0 heterocycles. The van der Waals surface area contributed by atoms with Gasteiger partial charge in [0.1, 0.15) is 6.10 Å². The molecule has 23 heavy (non-hydrogen) atoms. The van der Waals surface area contributed by atoms with Crippen molar-refractivity contribution in [2.24, 2.45) is 0 Å². The predicted octanol–water partition coefficient (Wildman–Crippen LogP) is 3.63.